The lowest BCUT2D eigenvalue weighted by atomic mass is 10.1. The van der Waals surface area contributed by atoms with E-state index in [1.807, 2.05) is 18.2 Å². The molecule has 4 nitrogen and oxygen atoms in total. The van der Waals surface area contributed by atoms with E-state index in [4.69, 9.17) is 4.74 Å². The van der Waals surface area contributed by atoms with E-state index in [-0.39, 0.29) is 18.6 Å². The van der Waals surface area contributed by atoms with Crippen molar-refractivity contribution >= 4 is 5.91 Å². The predicted octanol–water partition coefficient (Wildman–Crippen LogP) is 2.43. The fourth-order valence-electron chi connectivity index (χ4n) is 1.74. The van der Waals surface area contributed by atoms with Crippen LogP contribution in [0.1, 0.15) is 31.9 Å². The van der Waals surface area contributed by atoms with Crippen LogP contribution in [-0.4, -0.2) is 25.6 Å². The van der Waals surface area contributed by atoms with E-state index in [0.29, 0.717) is 12.3 Å². The van der Waals surface area contributed by atoms with Crippen LogP contribution in [0.5, 0.6) is 5.75 Å². The highest BCUT2D eigenvalue weighted by Crippen LogP contribution is 2.19. The molecule has 0 radical (unpaired) electrons. The molecule has 1 aromatic carbocycles. The fraction of sp³-hybridized carbons (Fsp3) is 0.438. The zero-order valence-corrected chi connectivity index (χ0v) is 12.3. The molecule has 0 spiro atoms. The van der Waals surface area contributed by atoms with Gasteiger partial charge in [0, 0.05) is 12.6 Å². The number of carbonyl (C=O) groups is 1. The molecular weight excluding hydrogens is 252 g/mol. The summed E-state index contributed by atoms with van der Waals surface area (Å²) < 4.78 is 5.49. The van der Waals surface area contributed by atoms with Gasteiger partial charge in [0.15, 0.2) is 6.61 Å². The van der Waals surface area contributed by atoms with Crippen molar-refractivity contribution in [3.63, 3.8) is 0 Å². The van der Waals surface area contributed by atoms with Crippen LogP contribution in [0.15, 0.2) is 36.9 Å². The highest BCUT2D eigenvalue weighted by molar-refractivity contribution is 5.77. The molecule has 0 heterocycles. The maximum Gasteiger partial charge on any atom is 0.258 e. The van der Waals surface area contributed by atoms with E-state index >= 15 is 0 Å². The lowest BCUT2D eigenvalue weighted by Crippen LogP contribution is -2.28. The van der Waals surface area contributed by atoms with Crippen LogP contribution in [0.3, 0.4) is 0 Å². The maximum atomic E-state index is 11.4. The van der Waals surface area contributed by atoms with Crippen molar-refractivity contribution in [2.24, 2.45) is 0 Å². The van der Waals surface area contributed by atoms with Crippen LogP contribution in [0, 0.1) is 0 Å². The molecule has 0 aromatic heterocycles. The van der Waals surface area contributed by atoms with Crippen molar-refractivity contribution in [1.82, 2.24) is 10.6 Å². The standard InChI is InChI=1S/C16H24N2O2/c1-4-9-17-13(3)14-7-6-8-15(11-14)20-12-16(19)18-10-5-2/h5-8,11,13,17H,2,4,9-10,12H2,1,3H3,(H,18,19). The van der Waals surface area contributed by atoms with Crippen LogP contribution >= 0.6 is 0 Å². The summed E-state index contributed by atoms with van der Waals surface area (Å²) in [5.41, 5.74) is 1.16. The molecule has 0 aliphatic heterocycles. The quantitative estimate of drug-likeness (QED) is 0.681. The highest BCUT2D eigenvalue weighted by Gasteiger charge is 2.06. The summed E-state index contributed by atoms with van der Waals surface area (Å²) in [5.74, 6) is 0.564. The monoisotopic (exact) mass is 276 g/mol. The Morgan fingerprint density at radius 3 is 3.00 bits per heavy atom. The molecule has 110 valence electrons. The average molecular weight is 276 g/mol. The Morgan fingerprint density at radius 2 is 2.30 bits per heavy atom. The van der Waals surface area contributed by atoms with Crippen molar-refractivity contribution in [2.45, 2.75) is 26.3 Å². The Balaban J connectivity index is 2.50. The van der Waals surface area contributed by atoms with E-state index in [1.54, 1.807) is 6.08 Å². The summed E-state index contributed by atoms with van der Waals surface area (Å²) >= 11 is 0. The van der Waals surface area contributed by atoms with Gasteiger partial charge in [-0.3, -0.25) is 4.79 Å². The Bertz CT molecular complexity index is 432. The average Bonchev–Trinajstić information content (AvgIpc) is 2.48. The van der Waals surface area contributed by atoms with Crippen molar-refractivity contribution in [2.75, 3.05) is 19.7 Å². The Kier molecular flexibility index (Phi) is 7.43. The molecule has 0 fully saturated rings. The number of rotatable bonds is 9. The molecule has 0 aliphatic carbocycles. The molecule has 2 N–H and O–H groups in total. The lowest BCUT2D eigenvalue weighted by molar-refractivity contribution is -0.122. The molecule has 1 unspecified atom stereocenters. The molecule has 1 amide bonds. The van der Waals surface area contributed by atoms with Crippen molar-refractivity contribution in [1.29, 1.82) is 0 Å². The SMILES string of the molecule is C=CCNC(=O)COc1cccc(C(C)NCCC)c1. The van der Waals surface area contributed by atoms with Crippen LogP contribution in [0.2, 0.25) is 0 Å². The maximum absolute atomic E-state index is 11.4. The predicted molar refractivity (Wildman–Crippen MR) is 81.9 cm³/mol. The van der Waals surface area contributed by atoms with Crippen molar-refractivity contribution < 1.29 is 9.53 Å². The largest absolute Gasteiger partial charge is 0.484 e. The number of amides is 1. The third-order valence-corrected chi connectivity index (χ3v) is 2.87. The minimum absolute atomic E-state index is 0.0219. The van der Waals surface area contributed by atoms with E-state index < -0.39 is 0 Å². The summed E-state index contributed by atoms with van der Waals surface area (Å²) in [6.07, 6.45) is 2.74. The van der Waals surface area contributed by atoms with E-state index in [1.165, 1.54) is 0 Å². The van der Waals surface area contributed by atoms with Gasteiger partial charge < -0.3 is 15.4 Å². The summed E-state index contributed by atoms with van der Waals surface area (Å²) in [7, 11) is 0. The second kappa shape index (κ2) is 9.15. The van der Waals surface area contributed by atoms with Crippen LogP contribution < -0.4 is 15.4 Å². The Hall–Kier alpha value is -1.81. The third-order valence-electron chi connectivity index (χ3n) is 2.87. The topological polar surface area (TPSA) is 50.4 Å². The normalized spacial score (nSPS) is 11.7. The van der Waals surface area contributed by atoms with Gasteiger partial charge >= 0.3 is 0 Å². The van der Waals surface area contributed by atoms with Crippen molar-refractivity contribution in [3.8, 4) is 5.75 Å². The van der Waals surface area contributed by atoms with Crippen molar-refractivity contribution in [3.05, 3.63) is 42.5 Å². The summed E-state index contributed by atoms with van der Waals surface area (Å²) in [6, 6.07) is 8.09. The highest BCUT2D eigenvalue weighted by atomic mass is 16.5. The zero-order valence-electron chi connectivity index (χ0n) is 12.3. The molecule has 1 atom stereocenters. The minimum atomic E-state index is -0.146. The number of benzene rings is 1. The third kappa shape index (κ3) is 5.89. The van der Waals surface area contributed by atoms with Crippen LogP contribution in [-0.2, 0) is 4.79 Å². The first-order valence-corrected chi connectivity index (χ1v) is 7.01. The second-order valence-electron chi connectivity index (χ2n) is 4.63. The molecule has 0 saturated carbocycles. The first-order valence-electron chi connectivity index (χ1n) is 7.01. The van der Waals surface area contributed by atoms with E-state index in [9.17, 15) is 4.79 Å². The van der Waals surface area contributed by atoms with Gasteiger partial charge in [-0.25, -0.2) is 0 Å². The van der Waals surface area contributed by atoms with Gasteiger partial charge in [0.1, 0.15) is 5.75 Å². The molecular formula is C16H24N2O2. The number of hydrogen-bond acceptors (Lipinski definition) is 3. The molecule has 0 bridgehead atoms. The summed E-state index contributed by atoms with van der Waals surface area (Å²) in [4.78, 5) is 11.4. The number of hydrogen-bond donors (Lipinski definition) is 2. The number of ether oxygens (including phenoxy) is 1. The van der Waals surface area contributed by atoms with Gasteiger partial charge in [-0.15, -0.1) is 6.58 Å². The molecule has 0 aliphatic rings. The zero-order chi connectivity index (χ0) is 14.8. The molecule has 1 rings (SSSR count). The molecule has 0 saturated heterocycles. The van der Waals surface area contributed by atoms with E-state index in [0.717, 1.165) is 18.5 Å². The van der Waals surface area contributed by atoms with Crippen LogP contribution in [0.4, 0.5) is 0 Å². The van der Waals surface area contributed by atoms with Gasteiger partial charge in [-0.1, -0.05) is 25.1 Å². The van der Waals surface area contributed by atoms with Gasteiger partial charge in [0.25, 0.3) is 5.91 Å². The van der Waals surface area contributed by atoms with E-state index in [2.05, 4.69) is 37.1 Å². The van der Waals surface area contributed by atoms with Crippen LogP contribution in [0.25, 0.3) is 0 Å². The second-order valence-corrected chi connectivity index (χ2v) is 4.63. The fourth-order valence-corrected chi connectivity index (χ4v) is 1.74. The van der Waals surface area contributed by atoms with Gasteiger partial charge in [-0.05, 0) is 37.6 Å². The van der Waals surface area contributed by atoms with Gasteiger partial charge in [0.05, 0.1) is 0 Å². The summed E-state index contributed by atoms with van der Waals surface area (Å²) in [5, 5.41) is 6.10. The summed E-state index contributed by atoms with van der Waals surface area (Å²) in [6.45, 7) is 9.26. The number of nitrogens with one attached hydrogen (secondary N) is 2. The number of carbonyl (C=O) groups excluding carboxylic acids is 1. The molecule has 4 heteroatoms. The Morgan fingerprint density at radius 1 is 1.50 bits per heavy atom. The smallest absolute Gasteiger partial charge is 0.258 e. The molecule has 20 heavy (non-hydrogen) atoms. The Labute approximate surface area is 121 Å². The first kappa shape index (κ1) is 16.2. The van der Waals surface area contributed by atoms with Gasteiger partial charge in [0.2, 0.25) is 0 Å². The first-order chi connectivity index (χ1) is 9.67. The van der Waals surface area contributed by atoms with Gasteiger partial charge in [-0.2, -0.15) is 0 Å². The molecule has 1 aromatic rings. The minimum Gasteiger partial charge on any atom is -0.484 e. The lowest BCUT2D eigenvalue weighted by Gasteiger charge is -2.15.